The minimum atomic E-state index is -0.998. The Hall–Kier alpha value is -2.69. The highest BCUT2D eigenvalue weighted by atomic mass is 19.1. The standard InChI is InChI=1S/C19H20FNO3/c1-12-6-3-4-9-16(12)17(11-18(22)23)21-19(24)13(2)14-7-5-8-15(20)10-14/h3-10,13,17H,11H2,1-2H3,(H,21,24)(H,22,23). The zero-order valence-corrected chi connectivity index (χ0v) is 13.6. The lowest BCUT2D eigenvalue weighted by Gasteiger charge is -2.22. The van der Waals surface area contributed by atoms with Crippen LogP contribution in [0.15, 0.2) is 48.5 Å². The molecule has 2 unspecified atom stereocenters. The minimum absolute atomic E-state index is 0.216. The van der Waals surface area contributed by atoms with Crippen LogP contribution in [0.25, 0.3) is 0 Å². The van der Waals surface area contributed by atoms with Gasteiger partial charge in [-0.15, -0.1) is 0 Å². The molecule has 0 heterocycles. The molecule has 2 rings (SSSR count). The summed E-state index contributed by atoms with van der Waals surface area (Å²) in [5, 5.41) is 11.9. The van der Waals surface area contributed by atoms with Crippen LogP contribution in [0.3, 0.4) is 0 Å². The molecule has 0 saturated heterocycles. The van der Waals surface area contributed by atoms with Crippen LogP contribution in [0.5, 0.6) is 0 Å². The van der Waals surface area contributed by atoms with Gasteiger partial charge in [0.05, 0.1) is 18.4 Å². The first-order valence-electron chi connectivity index (χ1n) is 7.71. The fourth-order valence-electron chi connectivity index (χ4n) is 2.62. The molecule has 2 aromatic rings. The predicted molar refractivity (Wildman–Crippen MR) is 89.1 cm³/mol. The maximum Gasteiger partial charge on any atom is 0.305 e. The van der Waals surface area contributed by atoms with E-state index in [1.165, 1.54) is 12.1 Å². The van der Waals surface area contributed by atoms with Gasteiger partial charge in [-0.25, -0.2) is 4.39 Å². The van der Waals surface area contributed by atoms with Gasteiger partial charge >= 0.3 is 5.97 Å². The summed E-state index contributed by atoms with van der Waals surface area (Å²) in [5.74, 6) is -2.33. The Bertz CT molecular complexity index is 745. The minimum Gasteiger partial charge on any atom is -0.481 e. The first-order chi connectivity index (χ1) is 11.4. The number of halogens is 1. The van der Waals surface area contributed by atoms with E-state index in [-0.39, 0.29) is 12.3 Å². The lowest BCUT2D eigenvalue weighted by molar-refractivity contribution is -0.137. The van der Waals surface area contributed by atoms with Gasteiger partial charge in [0.15, 0.2) is 0 Å². The normalized spacial score (nSPS) is 13.1. The Labute approximate surface area is 140 Å². The summed E-state index contributed by atoms with van der Waals surface area (Å²) in [5.41, 5.74) is 2.22. The summed E-state index contributed by atoms with van der Waals surface area (Å²) in [6, 6.07) is 12.5. The molecule has 4 nitrogen and oxygen atoms in total. The second-order valence-electron chi connectivity index (χ2n) is 5.79. The van der Waals surface area contributed by atoms with Crippen LogP contribution in [0.2, 0.25) is 0 Å². The van der Waals surface area contributed by atoms with Gasteiger partial charge in [-0.05, 0) is 42.7 Å². The molecule has 1 amide bonds. The van der Waals surface area contributed by atoms with E-state index in [0.29, 0.717) is 5.56 Å². The number of rotatable bonds is 6. The molecule has 5 heteroatoms. The molecule has 0 aliphatic carbocycles. The van der Waals surface area contributed by atoms with Crippen molar-refractivity contribution in [3.63, 3.8) is 0 Å². The van der Waals surface area contributed by atoms with E-state index in [9.17, 15) is 14.0 Å². The fourth-order valence-corrected chi connectivity index (χ4v) is 2.62. The van der Waals surface area contributed by atoms with Crippen LogP contribution in [0.1, 0.15) is 42.0 Å². The highest BCUT2D eigenvalue weighted by Gasteiger charge is 2.23. The Morgan fingerprint density at radius 3 is 2.50 bits per heavy atom. The molecule has 2 atom stereocenters. The molecule has 0 radical (unpaired) electrons. The summed E-state index contributed by atoms with van der Waals surface area (Å²) in [6.45, 7) is 3.53. The molecule has 0 bridgehead atoms. The molecule has 0 aliphatic heterocycles. The number of carbonyl (C=O) groups excluding carboxylic acids is 1. The van der Waals surface area contributed by atoms with Gasteiger partial charge in [0, 0.05) is 0 Å². The predicted octanol–water partition coefficient (Wildman–Crippen LogP) is 3.57. The van der Waals surface area contributed by atoms with Crippen molar-refractivity contribution in [2.75, 3.05) is 0 Å². The number of aryl methyl sites for hydroxylation is 1. The van der Waals surface area contributed by atoms with Gasteiger partial charge in [0.1, 0.15) is 5.82 Å². The van der Waals surface area contributed by atoms with Gasteiger partial charge in [-0.2, -0.15) is 0 Å². The van der Waals surface area contributed by atoms with E-state index in [1.807, 2.05) is 19.1 Å². The maximum absolute atomic E-state index is 13.3. The second kappa shape index (κ2) is 7.73. The zero-order chi connectivity index (χ0) is 17.7. The molecule has 0 aromatic heterocycles. The van der Waals surface area contributed by atoms with Crippen molar-refractivity contribution in [1.29, 1.82) is 0 Å². The summed E-state index contributed by atoms with van der Waals surface area (Å²) in [7, 11) is 0. The van der Waals surface area contributed by atoms with E-state index in [0.717, 1.165) is 11.1 Å². The van der Waals surface area contributed by atoms with Crippen LogP contribution < -0.4 is 5.32 Å². The second-order valence-corrected chi connectivity index (χ2v) is 5.79. The molecule has 2 N–H and O–H groups in total. The van der Waals surface area contributed by atoms with Crippen LogP contribution >= 0.6 is 0 Å². The van der Waals surface area contributed by atoms with Crippen LogP contribution in [0.4, 0.5) is 4.39 Å². The van der Waals surface area contributed by atoms with Crippen LogP contribution in [0, 0.1) is 12.7 Å². The van der Waals surface area contributed by atoms with Gasteiger partial charge in [0.2, 0.25) is 5.91 Å². The lowest BCUT2D eigenvalue weighted by atomic mass is 9.96. The van der Waals surface area contributed by atoms with Crippen molar-refractivity contribution in [3.8, 4) is 0 Å². The van der Waals surface area contributed by atoms with Gasteiger partial charge < -0.3 is 10.4 Å². The maximum atomic E-state index is 13.3. The molecule has 0 fully saturated rings. The number of aliphatic carboxylic acids is 1. The third-order valence-electron chi connectivity index (χ3n) is 4.00. The lowest BCUT2D eigenvalue weighted by Crippen LogP contribution is -2.33. The van der Waals surface area contributed by atoms with Gasteiger partial charge in [-0.1, -0.05) is 36.4 Å². The Kier molecular flexibility index (Phi) is 5.68. The first-order valence-corrected chi connectivity index (χ1v) is 7.71. The number of carbonyl (C=O) groups is 2. The third kappa shape index (κ3) is 4.41. The van der Waals surface area contributed by atoms with E-state index in [4.69, 9.17) is 5.11 Å². The average molecular weight is 329 g/mol. The summed E-state index contributed by atoms with van der Waals surface area (Å²) < 4.78 is 13.3. The zero-order valence-electron chi connectivity index (χ0n) is 13.6. The Morgan fingerprint density at radius 2 is 1.88 bits per heavy atom. The number of nitrogens with one attached hydrogen (secondary N) is 1. The average Bonchev–Trinajstić information content (AvgIpc) is 2.53. The third-order valence-corrected chi connectivity index (χ3v) is 4.00. The molecule has 24 heavy (non-hydrogen) atoms. The van der Waals surface area contributed by atoms with E-state index >= 15 is 0 Å². The quantitative estimate of drug-likeness (QED) is 0.851. The van der Waals surface area contributed by atoms with Crippen molar-refractivity contribution in [1.82, 2.24) is 5.32 Å². The van der Waals surface area contributed by atoms with Crippen molar-refractivity contribution < 1.29 is 19.1 Å². The Morgan fingerprint density at radius 1 is 1.17 bits per heavy atom. The van der Waals surface area contributed by atoms with E-state index in [1.54, 1.807) is 31.2 Å². The smallest absolute Gasteiger partial charge is 0.305 e. The van der Waals surface area contributed by atoms with Crippen molar-refractivity contribution in [3.05, 3.63) is 71.0 Å². The number of carboxylic acid groups (broad SMARTS) is 1. The van der Waals surface area contributed by atoms with Gasteiger partial charge in [-0.3, -0.25) is 9.59 Å². The highest BCUT2D eigenvalue weighted by molar-refractivity contribution is 5.84. The first kappa shape index (κ1) is 17.7. The number of hydrogen-bond donors (Lipinski definition) is 2. The van der Waals surface area contributed by atoms with E-state index < -0.39 is 23.7 Å². The summed E-state index contributed by atoms with van der Waals surface area (Å²) in [4.78, 5) is 23.7. The topological polar surface area (TPSA) is 66.4 Å². The summed E-state index contributed by atoms with van der Waals surface area (Å²) >= 11 is 0. The SMILES string of the molecule is Cc1ccccc1C(CC(=O)O)NC(=O)C(C)c1cccc(F)c1. The monoisotopic (exact) mass is 329 g/mol. The molecule has 2 aromatic carbocycles. The van der Waals surface area contributed by atoms with Crippen LogP contribution in [-0.2, 0) is 9.59 Å². The molecular weight excluding hydrogens is 309 g/mol. The van der Waals surface area contributed by atoms with Crippen LogP contribution in [-0.4, -0.2) is 17.0 Å². The number of hydrogen-bond acceptors (Lipinski definition) is 2. The highest BCUT2D eigenvalue weighted by Crippen LogP contribution is 2.23. The fraction of sp³-hybridized carbons (Fsp3) is 0.263. The largest absolute Gasteiger partial charge is 0.481 e. The van der Waals surface area contributed by atoms with Crippen molar-refractivity contribution >= 4 is 11.9 Å². The van der Waals surface area contributed by atoms with E-state index in [2.05, 4.69) is 5.32 Å². The Balaban J connectivity index is 2.21. The molecule has 126 valence electrons. The van der Waals surface area contributed by atoms with Gasteiger partial charge in [0.25, 0.3) is 0 Å². The molecule has 0 aliphatic rings. The number of amides is 1. The molecule has 0 saturated carbocycles. The van der Waals surface area contributed by atoms with Crippen molar-refractivity contribution in [2.24, 2.45) is 0 Å². The summed E-state index contributed by atoms with van der Waals surface area (Å²) in [6.07, 6.45) is -0.216. The molecular formula is C19H20FNO3. The molecule has 0 spiro atoms. The number of carboxylic acids is 1. The number of benzene rings is 2. The van der Waals surface area contributed by atoms with Crippen molar-refractivity contribution in [2.45, 2.75) is 32.2 Å².